The summed E-state index contributed by atoms with van der Waals surface area (Å²) in [6.07, 6.45) is 1.11. The van der Waals surface area contributed by atoms with Gasteiger partial charge in [0.2, 0.25) is 11.8 Å². The number of carbonyl (C=O) groups is 2. The summed E-state index contributed by atoms with van der Waals surface area (Å²) < 4.78 is 0. The third kappa shape index (κ3) is 3.58. The quantitative estimate of drug-likeness (QED) is 0.922. The Morgan fingerprint density at radius 3 is 2.64 bits per heavy atom. The zero-order valence-electron chi connectivity index (χ0n) is 15.0. The SMILES string of the molecule is CCc1ccccc1NC(=O)[C@@H]1CC(=O)N(c2ccc(C)c(C)c2)C1. The van der Waals surface area contributed by atoms with Gasteiger partial charge in [-0.05, 0) is 55.2 Å². The number of hydrogen-bond acceptors (Lipinski definition) is 2. The van der Waals surface area contributed by atoms with Crippen molar-refractivity contribution < 1.29 is 9.59 Å². The average molecular weight is 336 g/mol. The van der Waals surface area contributed by atoms with Crippen molar-refractivity contribution in [3.05, 3.63) is 59.2 Å². The molecule has 0 saturated carbocycles. The van der Waals surface area contributed by atoms with E-state index in [1.807, 2.05) is 56.3 Å². The van der Waals surface area contributed by atoms with Crippen molar-refractivity contribution in [3.63, 3.8) is 0 Å². The molecule has 4 heteroatoms. The van der Waals surface area contributed by atoms with Gasteiger partial charge in [-0.1, -0.05) is 31.2 Å². The maximum absolute atomic E-state index is 12.6. The number of nitrogens with one attached hydrogen (secondary N) is 1. The topological polar surface area (TPSA) is 49.4 Å². The summed E-state index contributed by atoms with van der Waals surface area (Å²) >= 11 is 0. The summed E-state index contributed by atoms with van der Waals surface area (Å²) in [4.78, 5) is 26.8. The lowest BCUT2D eigenvalue weighted by Gasteiger charge is -2.18. The Morgan fingerprint density at radius 1 is 1.16 bits per heavy atom. The molecule has 2 amide bonds. The van der Waals surface area contributed by atoms with E-state index in [9.17, 15) is 9.59 Å². The zero-order valence-corrected chi connectivity index (χ0v) is 15.0. The Labute approximate surface area is 148 Å². The number of benzene rings is 2. The maximum atomic E-state index is 12.6. The first-order valence-corrected chi connectivity index (χ1v) is 8.76. The second-order valence-electron chi connectivity index (χ2n) is 6.67. The molecule has 1 aliphatic rings. The highest BCUT2D eigenvalue weighted by Gasteiger charge is 2.35. The van der Waals surface area contributed by atoms with E-state index in [0.29, 0.717) is 6.54 Å². The molecule has 3 rings (SSSR count). The summed E-state index contributed by atoms with van der Waals surface area (Å²) in [5, 5.41) is 3.00. The molecule has 25 heavy (non-hydrogen) atoms. The molecule has 1 aliphatic heterocycles. The molecular weight excluding hydrogens is 312 g/mol. The smallest absolute Gasteiger partial charge is 0.229 e. The van der Waals surface area contributed by atoms with Gasteiger partial charge in [0.1, 0.15) is 0 Å². The molecule has 0 aromatic heterocycles. The lowest BCUT2D eigenvalue weighted by atomic mass is 10.1. The molecule has 1 N–H and O–H groups in total. The largest absolute Gasteiger partial charge is 0.326 e. The molecular formula is C21H24N2O2. The van der Waals surface area contributed by atoms with Crippen LogP contribution in [0, 0.1) is 19.8 Å². The number of hydrogen-bond donors (Lipinski definition) is 1. The first-order chi connectivity index (χ1) is 12.0. The Morgan fingerprint density at radius 2 is 1.92 bits per heavy atom. The lowest BCUT2D eigenvalue weighted by molar-refractivity contribution is -0.122. The minimum absolute atomic E-state index is 0.00665. The molecule has 1 heterocycles. The number of para-hydroxylation sites is 1. The van der Waals surface area contributed by atoms with Crippen LogP contribution >= 0.6 is 0 Å². The lowest BCUT2D eigenvalue weighted by Crippen LogP contribution is -2.28. The molecule has 0 spiro atoms. The molecule has 0 radical (unpaired) electrons. The van der Waals surface area contributed by atoms with Crippen LogP contribution in [0.3, 0.4) is 0 Å². The van der Waals surface area contributed by atoms with Gasteiger partial charge in [0, 0.05) is 24.3 Å². The summed E-state index contributed by atoms with van der Waals surface area (Å²) in [6, 6.07) is 13.8. The van der Waals surface area contributed by atoms with E-state index >= 15 is 0 Å². The second kappa shape index (κ2) is 7.09. The van der Waals surface area contributed by atoms with Crippen LogP contribution in [0.25, 0.3) is 0 Å². The fourth-order valence-electron chi connectivity index (χ4n) is 3.21. The standard InChI is InChI=1S/C21H24N2O2/c1-4-16-7-5-6-8-19(16)22-21(25)17-12-20(24)23(13-17)18-10-9-14(2)15(3)11-18/h5-11,17H,4,12-13H2,1-3H3,(H,22,25)/t17-/m1/s1. The van der Waals surface area contributed by atoms with Gasteiger partial charge in [-0.15, -0.1) is 0 Å². The Balaban J connectivity index is 1.73. The minimum atomic E-state index is -0.320. The van der Waals surface area contributed by atoms with Crippen molar-refractivity contribution >= 4 is 23.2 Å². The predicted octanol–water partition coefficient (Wildman–Crippen LogP) is 3.86. The van der Waals surface area contributed by atoms with Crippen molar-refractivity contribution in [1.82, 2.24) is 0 Å². The number of anilines is 2. The number of nitrogens with zero attached hydrogens (tertiary/aromatic N) is 1. The zero-order chi connectivity index (χ0) is 18.0. The summed E-state index contributed by atoms with van der Waals surface area (Å²) in [5.41, 5.74) is 5.16. The van der Waals surface area contributed by atoms with Crippen LogP contribution in [0.5, 0.6) is 0 Å². The Kier molecular flexibility index (Phi) is 4.88. The maximum Gasteiger partial charge on any atom is 0.229 e. The van der Waals surface area contributed by atoms with Gasteiger partial charge >= 0.3 is 0 Å². The van der Waals surface area contributed by atoms with Crippen molar-refractivity contribution in [1.29, 1.82) is 0 Å². The van der Waals surface area contributed by atoms with Gasteiger partial charge in [0.05, 0.1) is 5.92 Å². The number of aryl methyl sites for hydroxylation is 3. The van der Waals surface area contributed by atoms with Crippen LogP contribution in [-0.4, -0.2) is 18.4 Å². The third-order valence-corrected chi connectivity index (χ3v) is 4.95. The highest BCUT2D eigenvalue weighted by molar-refractivity contribution is 6.03. The van der Waals surface area contributed by atoms with Gasteiger partial charge in [-0.3, -0.25) is 9.59 Å². The van der Waals surface area contributed by atoms with Gasteiger partial charge in [0.25, 0.3) is 0 Å². The van der Waals surface area contributed by atoms with Crippen LogP contribution in [0.4, 0.5) is 11.4 Å². The van der Waals surface area contributed by atoms with Crippen LogP contribution < -0.4 is 10.2 Å². The first kappa shape index (κ1) is 17.2. The monoisotopic (exact) mass is 336 g/mol. The predicted molar refractivity (Wildman–Crippen MR) is 101 cm³/mol. The van der Waals surface area contributed by atoms with Crippen molar-refractivity contribution in [2.24, 2.45) is 5.92 Å². The Hall–Kier alpha value is -2.62. The number of amides is 2. The van der Waals surface area contributed by atoms with Gasteiger partial charge in [-0.2, -0.15) is 0 Å². The van der Waals surface area contributed by atoms with Crippen LogP contribution in [0.15, 0.2) is 42.5 Å². The van der Waals surface area contributed by atoms with E-state index in [1.165, 1.54) is 5.56 Å². The van der Waals surface area contributed by atoms with E-state index in [1.54, 1.807) is 4.90 Å². The number of rotatable bonds is 4. The molecule has 2 aromatic rings. The summed E-state index contributed by atoms with van der Waals surface area (Å²) in [6.45, 7) is 6.57. The Bertz CT molecular complexity index is 813. The molecule has 1 atom stereocenters. The molecule has 0 unspecified atom stereocenters. The van der Waals surface area contributed by atoms with Crippen molar-refractivity contribution in [3.8, 4) is 0 Å². The minimum Gasteiger partial charge on any atom is -0.326 e. The highest BCUT2D eigenvalue weighted by atomic mass is 16.2. The van der Waals surface area contributed by atoms with Gasteiger partial charge < -0.3 is 10.2 Å². The fraction of sp³-hybridized carbons (Fsp3) is 0.333. The van der Waals surface area contributed by atoms with Crippen LogP contribution in [-0.2, 0) is 16.0 Å². The van der Waals surface area contributed by atoms with E-state index in [4.69, 9.17) is 0 Å². The number of carbonyl (C=O) groups excluding carboxylic acids is 2. The molecule has 0 aliphatic carbocycles. The highest BCUT2D eigenvalue weighted by Crippen LogP contribution is 2.28. The van der Waals surface area contributed by atoms with Gasteiger partial charge in [-0.25, -0.2) is 0 Å². The van der Waals surface area contributed by atoms with Crippen molar-refractivity contribution in [2.75, 3.05) is 16.8 Å². The third-order valence-electron chi connectivity index (χ3n) is 4.95. The first-order valence-electron chi connectivity index (χ1n) is 8.76. The molecule has 0 bridgehead atoms. The van der Waals surface area contributed by atoms with Crippen LogP contribution in [0.1, 0.15) is 30.0 Å². The molecule has 1 fully saturated rings. The van der Waals surface area contributed by atoms with Crippen LogP contribution in [0.2, 0.25) is 0 Å². The fourth-order valence-corrected chi connectivity index (χ4v) is 3.21. The normalized spacial score (nSPS) is 17.0. The summed E-state index contributed by atoms with van der Waals surface area (Å²) in [7, 11) is 0. The molecule has 4 nitrogen and oxygen atoms in total. The van der Waals surface area contributed by atoms with E-state index in [2.05, 4.69) is 12.2 Å². The van der Waals surface area contributed by atoms with Gasteiger partial charge in [0.15, 0.2) is 0 Å². The van der Waals surface area contributed by atoms with Crippen molar-refractivity contribution in [2.45, 2.75) is 33.6 Å². The molecule has 1 saturated heterocycles. The molecule has 2 aromatic carbocycles. The second-order valence-corrected chi connectivity index (χ2v) is 6.67. The van der Waals surface area contributed by atoms with E-state index in [0.717, 1.165) is 28.9 Å². The average Bonchev–Trinajstić information content (AvgIpc) is 3.00. The van der Waals surface area contributed by atoms with E-state index < -0.39 is 0 Å². The van der Waals surface area contributed by atoms with E-state index in [-0.39, 0.29) is 24.2 Å². The summed E-state index contributed by atoms with van der Waals surface area (Å²) in [5.74, 6) is -0.396. The molecule has 130 valence electrons.